The molecule has 4 nitrogen and oxygen atoms in total. The van der Waals surface area contributed by atoms with Crippen LogP contribution in [-0.4, -0.2) is 0 Å². The van der Waals surface area contributed by atoms with Crippen LogP contribution in [0.4, 0.5) is 62.6 Å². The number of para-hydroxylation sites is 4. The summed E-state index contributed by atoms with van der Waals surface area (Å²) in [4.78, 5) is 7.63. The van der Waals surface area contributed by atoms with Crippen molar-refractivity contribution in [2.45, 2.75) is 110 Å². The molecular formula is C131H109BrN4. The molecule has 0 heterocycles. The molecule has 0 unspecified atom stereocenters. The Morgan fingerprint density at radius 3 is 1.05 bits per heavy atom. The van der Waals surface area contributed by atoms with Gasteiger partial charge in [0, 0.05) is 59.9 Å². The highest BCUT2D eigenvalue weighted by Gasteiger charge is 2.64. The Kier molecular flexibility index (Phi) is 20.0. The summed E-state index contributed by atoms with van der Waals surface area (Å²) in [5.41, 5.74) is 32.4. The van der Waals surface area contributed by atoms with Crippen molar-refractivity contribution in [3.8, 4) is 22.3 Å². The normalized spacial score (nSPS) is 20.8. The van der Waals surface area contributed by atoms with E-state index >= 15 is 0 Å². The third kappa shape index (κ3) is 13.1. The lowest BCUT2D eigenvalue weighted by molar-refractivity contribution is -0.0397. The first-order chi connectivity index (χ1) is 66.9. The van der Waals surface area contributed by atoms with Crippen molar-refractivity contribution in [2.24, 2.45) is 47.3 Å². The number of nitrogens with zero attached hydrogens (tertiary/aromatic N) is 3. The van der Waals surface area contributed by atoms with Crippen LogP contribution >= 0.6 is 15.9 Å². The molecule has 8 saturated carbocycles. The average molecular weight is 1820 g/mol. The van der Waals surface area contributed by atoms with E-state index in [9.17, 15) is 0 Å². The zero-order valence-corrected chi connectivity index (χ0v) is 79.5. The summed E-state index contributed by atoms with van der Waals surface area (Å²) in [6, 6.07) is 147. The quantitative estimate of drug-likeness (QED) is 0.130. The van der Waals surface area contributed by atoms with Crippen molar-refractivity contribution in [1.82, 2.24) is 0 Å². The first kappa shape index (κ1) is 82.6. The molecule has 10 aliphatic rings. The molecule has 2 spiro atoms. The lowest BCUT2D eigenvalue weighted by Crippen LogP contribution is -2.55. The van der Waals surface area contributed by atoms with Crippen molar-refractivity contribution >= 4 is 165 Å². The van der Waals surface area contributed by atoms with Crippen LogP contribution in [0.2, 0.25) is 0 Å². The third-order valence-corrected chi connectivity index (χ3v) is 34.3. The maximum absolute atomic E-state index is 3.82. The van der Waals surface area contributed by atoms with E-state index in [2.05, 4.69) is 447 Å². The van der Waals surface area contributed by atoms with E-state index in [0.717, 1.165) is 40.0 Å². The summed E-state index contributed by atoms with van der Waals surface area (Å²) in [6.45, 7) is 11.0. The number of aryl methyl sites for hydroxylation is 5. The van der Waals surface area contributed by atoms with Crippen molar-refractivity contribution in [1.29, 1.82) is 0 Å². The number of nitrogens with one attached hydrogen (secondary N) is 1. The number of benzene rings is 21. The van der Waals surface area contributed by atoms with Crippen molar-refractivity contribution in [2.75, 3.05) is 20.0 Å². The molecule has 660 valence electrons. The first-order valence-electron chi connectivity index (χ1n) is 49.8. The molecule has 8 bridgehead atoms. The molecule has 8 fully saturated rings. The fraction of sp³-hybridized carbons (Fsp3) is 0.191. The predicted octanol–water partition coefficient (Wildman–Crippen LogP) is 36.8. The van der Waals surface area contributed by atoms with Crippen molar-refractivity contribution < 1.29 is 0 Å². The molecule has 0 radical (unpaired) electrons. The van der Waals surface area contributed by atoms with Crippen LogP contribution in [0.15, 0.2) is 399 Å². The number of hydrogen-bond donors (Lipinski definition) is 1. The van der Waals surface area contributed by atoms with E-state index in [0.29, 0.717) is 11.8 Å². The zero-order valence-electron chi connectivity index (χ0n) is 77.9. The number of fused-ring (bicyclic) bond motifs is 8. The SMILES string of the molecule is Cc1cccc(C)c1N(c1ccc2ccccc2c1)c1ccc2ccc3c(Br)ccc4ccc1c2c43.Cc1cccc(C)c1N(c1ccc2ccccc2c1)c1ccc2ccc3c(N(c4ccccc4)c4cccc5c4C4(c6ccccc6-5)C5CC6CC(C5)CC4C6)ccc4ccc1c2c43.Cc1ccccc1.c1ccc(Nc2cccc3c2C2(c4ccccc4-3)C3CC4CC(C3)CC2C4)cc1. The largest absolute Gasteiger partial charge is 0.355 e. The minimum atomic E-state index is 0.0293. The number of hydrogen-bond acceptors (Lipinski definition) is 4. The van der Waals surface area contributed by atoms with Gasteiger partial charge in [0.15, 0.2) is 0 Å². The summed E-state index contributed by atoms with van der Waals surface area (Å²) >= 11 is 3.79. The Balaban J connectivity index is 0.000000112. The predicted molar refractivity (Wildman–Crippen MR) is 580 cm³/mol. The van der Waals surface area contributed by atoms with E-state index in [1.807, 2.05) is 18.2 Å². The molecular weight excluding hydrogens is 1710 g/mol. The van der Waals surface area contributed by atoms with Crippen LogP contribution in [0.25, 0.3) is 108 Å². The fourth-order valence-electron chi connectivity index (χ4n) is 28.7. The van der Waals surface area contributed by atoms with E-state index in [1.54, 1.807) is 22.3 Å². The fourth-order valence-corrected chi connectivity index (χ4v) is 29.2. The van der Waals surface area contributed by atoms with E-state index in [-0.39, 0.29) is 10.8 Å². The minimum Gasteiger partial charge on any atom is -0.355 e. The van der Waals surface area contributed by atoms with Gasteiger partial charge >= 0.3 is 0 Å². The Morgan fingerprint density at radius 1 is 0.250 bits per heavy atom. The minimum absolute atomic E-state index is 0.0293. The maximum Gasteiger partial charge on any atom is 0.0540 e. The van der Waals surface area contributed by atoms with E-state index in [1.165, 1.54) is 263 Å². The Bertz CT molecular complexity index is 8180. The van der Waals surface area contributed by atoms with Crippen LogP contribution in [0.5, 0.6) is 0 Å². The van der Waals surface area contributed by atoms with Gasteiger partial charge in [0.2, 0.25) is 0 Å². The van der Waals surface area contributed by atoms with Gasteiger partial charge in [0.1, 0.15) is 0 Å². The number of rotatable bonds is 11. The highest BCUT2D eigenvalue weighted by Crippen LogP contribution is 2.73. The topological polar surface area (TPSA) is 21.8 Å². The van der Waals surface area contributed by atoms with Gasteiger partial charge in [-0.1, -0.05) is 331 Å². The van der Waals surface area contributed by atoms with Crippen LogP contribution in [0.1, 0.15) is 114 Å². The molecule has 0 aliphatic heterocycles. The lowest BCUT2D eigenvalue weighted by Gasteiger charge is -2.61. The molecule has 31 rings (SSSR count). The van der Waals surface area contributed by atoms with Crippen LogP contribution in [0, 0.1) is 82.0 Å². The average Bonchev–Trinajstić information content (AvgIpc) is 1.48. The number of halogens is 1. The Labute approximate surface area is 806 Å². The molecule has 0 amide bonds. The summed E-state index contributed by atoms with van der Waals surface area (Å²) in [5, 5.41) is 24.2. The van der Waals surface area contributed by atoms with E-state index < -0.39 is 0 Å². The molecule has 136 heavy (non-hydrogen) atoms. The van der Waals surface area contributed by atoms with Gasteiger partial charge in [-0.2, -0.15) is 0 Å². The second-order valence-corrected chi connectivity index (χ2v) is 41.9. The molecule has 10 aliphatic carbocycles. The summed E-state index contributed by atoms with van der Waals surface area (Å²) in [5.74, 6) is 6.69. The molecule has 21 aromatic carbocycles. The smallest absolute Gasteiger partial charge is 0.0540 e. The lowest BCUT2D eigenvalue weighted by atomic mass is 9.43. The highest BCUT2D eigenvalue weighted by atomic mass is 79.9. The standard InChI is InChI=1S/C62H50N2.C34H24BrN.C28H27N.C7H8/c1-38-12-10-13-39(2)61(38)64(49-27-22-42-14-6-7-15-45(42)37-49)56-31-26-44-23-28-52-55(30-25-43-24-29-53(56)59(44)58(43)52)63(48-16-4-3-5-17-48)57-21-11-19-51-50-18-8-9-20-54(50)62(60(51)57)46-33-40-32-41(35-46)36-47(62)34-40;1-21-6-5-7-22(2)34(21)36(27-15-10-23-8-3-4-9-26(23)20-27)31-19-14-25-11-16-28-30(35)18-13-24-12-17-29(31)33(25)32(24)28;1-2-7-22(8-3-1)29-26-12-6-10-24-23-9-4-5-11-25(23)28(27(24)26)20-14-18-13-19(16-20)17-21(28)15-18;1-7-5-3-2-4-6-7/h3-31,37,40-41,46-47H,32-36H2,1-2H3;3-20H,1-2H3;1-12,18-21,29H,13-17H2;2-6H,1H3. The third-order valence-electron chi connectivity index (χ3n) is 33.6. The molecule has 5 heteroatoms. The van der Waals surface area contributed by atoms with Crippen LogP contribution in [-0.2, 0) is 10.8 Å². The molecule has 0 atom stereocenters. The van der Waals surface area contributed by atoms with Crippen LogP contribution in [0.3, 0.4) is 0 Å². The summed E-state index contributed by atoms with van der Waals surface area (Å²) < 4.78 is 1.14. The molecule has 1 N–H and O–H groups in total. The zero-order chi connectivity index (χ0) is 90.8. The van der Waals surface area contributed by atoms with Gasteiger partial charge in [-0.3, -0.25) is 0 Å². The highest BCUT2D eigenvalue weighted by molar-refractivity contribution is 9.10. The second-order valence-electron chi connectivity index (χ2n) is 41.0. The first-order valence-corrected chi connectivity index (χ1v) is 50.6. The second kappa shape index (κ2) is 32.9. The summed E-state index contributed by atoms with van der Waals surface area (Å²) in [7, 11) is 0. The van der Waals surface area contributed by atoms with Gasteiger partial charge in [0.05, 0.1) is 34.1 Å². The van der Waals surface area contributed by atoms with Gasteiger partial charge in [-0.25, -0.2) is 0 Å². The van der Waals surface area contributed by atoms with Crippen molar-refractivity contribution in [3.63, 3.8) is 0 Å². The summed E-state index contributed by atoms with van der Waals surface area (Å²) in [6.07, 6.45) is 14.1. The Hall–Kier alpha value is -14.1. The van der Waals surface area contributed by atoms with Gasteiger partial charge < -0.3 is 20.0 Å². The maximum atomic E-state index is 3.82. The molecule has 21 aromatic rings. The monoisotopic (exact) mass is 1820 g/mol. The number of anilines is 11. The van der Waals surface area contributed by atoms with E-state index in [4.69, 9.17) is 0 Å². The van der Waals surface area contributed by atoms with Crippen molar-refractivity contribution in [3.05, 3.63) is 449 Å². The van der Waals surface area contributed by atoms with Gasteiger partial charge in [-0.15, -0.1) is 0 Å². The van der Waals surface area contributed by atoms with Crippen LogP contribution < -0.4 is 20.0 Å². The van der Waals surface area contributed by atoms with Gasteiger partial charge in [-0.05, 0) is 368 Å². The molecule has 0 aromatic heterocycles. The van der Waals surface area contributed by atoms with Gasteiger partial charge in [0.25, 0.3) is 0 Å². The Morgan fingerprint density at radius 2 is 0.596 bits per heavy atom. The molecule has 0 saturated heterocycles.